The first kappa shape index (κ1) is 16.2. The van der Waals surface area contributed by atoms with Crippen molar-refractivity contribution in [1.82, 2.24) is 10.2 Å². The summed E-state index contributed by atoms with van der Waals surface area (Å²) in [5, 5.41) is 3.64. The van der Waals surface area contributed by atoms with Gasteiger partial charge in [0.05, 0.1) is 18.8 Å². The molecule has 2 saturated heterocycles. The molecule has 2 heterocycles. The lowest BCUT2D eigenvalue weighted by molar-refractivity contribution is -0.0780. The molecule has 3 atom stereocenters. The van der Waals surface area contributed by atoms with Crippen LogP contribution in [0, 0.1) is 11.3 Å². The van der Waals surface area contributed by atoms with Gasteiger partial charge in [-0.2, -0.15) is 0 Å². The Hall–Kier alpha value is -0.160. The summed E-state index contributed by atoms with van der Waals surface area (Å²) < 4.78 is 11.6. The van der Waals surface area contributed by atoms with E-state index in [1.165, 1.54) is 6.42 Å². The number of hydrogen-bond acceptors (Lipinski definition) is 4. The van der Waals surface area contributed by atoms with Crippen LogP contribution in [0.25, 0.3) is 0 Å². The summed E-state index contributed by atoms with van der Waals surface area (Å²) in [5.74, 6) is 0.706. The van der Waals surface area contributed by atoms with Gasteiger partial charge in [0.2, 0.25) is 0 Å². The molecule has 118 valence electrons. The van der Waals surface area contributed by atoms with E-state index in [-0.39, 0.29) is 0 Å². The first-order chi connectivity index (χ1) is 9.49. The molecule has 0 aromatic carbocycles. The van der Waals surface area contributed by atoms with E-state index in [1.54, 1.807) is 0 Å². The molecule has 0 saturated carbocycles. The van der Waals surface area contributed by atoms with Crippen molar-refractivity contribution >= 4 is 0 Å². The molecule has 2 aliphatic rings. The monoisotopic (exact) mass is 284 g/mol. The largest absolute Gasteiger partial charge is 0.381 e. The molecule has 4 nitrogen and oxygen atoms in total. The smallest absolute Gasteiger partial charge is 0.0678 e. The molecule has 0 aromatic rings. The van der Waals surface area contributed by atoms with Gasteiger partial charge in [-0.1, -0.05) is 13.8 Å². The molecule has 0 amide bonds. The zero-order valence-corrected chi connectivity index (χ0v) is 13.7. The van der Waals surface area contributed by atoms with Gasteiger partial charge in [-0.05, 0) is 32.7 Å². The van der Waals surface area contributed by atoms with E-state index in [0.29, 0.717) is 23.5 Å². The van der Waals surface area contributed by atoms with Crippen LogP contribution in [0.1, 0.15) is 34.1 Å². The molecule has 0 radical (unpaired) electrons. The summed E-state index contributed by atoms with van der Waals surface area (Å²) in [6.07, 6.45) is 1.88. The fraction of sp³-hybridized carbons (Fsp3) is 1.00. The Morgan fingerprint density at radius 3 is 2.50 bits per heavy atom. The van der Waals surface area contributed by atoms with Crippen molar-refractivity contribution in [3.63, 3.8) is 0 Å². The van der Waals surface area contributed by atoms with Gasteiger partial charge in [-0.25, -0.2) is 0 Å². The van der Waals surface area contributed by atoms with E-state index in [9.17, 15) is 0 Å². The van der Waals surface area contributed by atoms with Crippen molar-refractivity contribution in [3.05, 3.63) is 0 Å². The second-order valence-electron chi connectivity index (χ2n) is 7.28. The van der Waals surface area contributed by atoms with Crippen LogP contribution < -0.4 is 5.32 Å². The average Bonchev–Trinajstić information content (AvgIpc) is 2.75. The van der Waals surface area contributed by atoms with Crippen LogP contribution in [0.2, 0.25) is 0 Å². The molecule has 1 N–H and O–H groups in total. The Morgan fingerprint density at radius 2 is 1.95 bits per heavy atom. The molecule has 0 aromatic heterocycles. The highest BCUT2D eigenvalue weighted by Crippen LogP contribution is 2.30. The predicted octanol–water partition coefficient (Wildman–Crippen LogP) is 1.75. The maximum atomic E-state index is 5.84. The van der Waals surface area contributed by atoms with Crippen molar-refractivity contribution in [2.24, 2.45) is 11.3 Å². The standard InChI is InChI=1S/C16H32N2O2/c1-13(2)7-17-10-16(5-6-19-12-16)11-18-8-14(3)20-15(4)9-18/h13-15,17H,5-12H2,1-4H3. The number of morpholine rings is 1. The minimum Gasteiger partial charge on any atom is -0.381 e. The highest BCUT2D eigenvalue weighted by Gasteiger charge is 2.38. The molecule has 20 heavy (non-hydrogen) atoms. The van der Waals surface area contributed by atoms with Gasteiger partial charge >= 0.3 is 0 Å². The maximum Gasteiger partial charge on any atom is 0.0678 e. The zero-order chi connectivity index (χ0) is 14.6. The fourth-order valence-corrected chi connectivity index (χ4v) is 3.48. The lowest BCUT2D eigenvalue weighted by Crippen LogP contribution is -2.52. The van der Waals surface area contributed by atoms with Gasteiger partial charge in [0, 0.05) is 38.2 Å². The van der Waals surface area contributed by atoms with Crippen molar-refractivity contribution in [2.45, 2.75) is 46.3 Å². The zero-order valence-electron chi connectivity index (χ0n) is 13.7. The van der Waals surface area contributed by atoms with Crippen LogP contribution in [0.5, 0.6) is 0 Å². The summed E-state index contributed by atoms with van der Waals surface area (Å²) in [7, 11) is 0. The van der Waals surface area contributed by atoms with Gasteiger partial charge in [-0.15, -0.1) is 0 Å². The van der Waals surface area contributed by atoms with E-state index in [0.717, 1.165) is 45.9 Å². The minimum atomic E-state index is 0.297. The van der Waals surface area contributed by atoms with Gasteiger partial charge < -0.3 is 14.8 Å². The number of nitrogens with zero attached hydrogens (tertiary/aromatic N) is 1. The lowest BCUT2D eigenvalue weighted by Gasteiger charge is -2.40. The summed E-state index contributed by atoms with van der Waals surface area (Å²) in [6, 6.07) is 0. The molecular formula is C16H32N2O2. The Balaban J connectivity index is 1.87. The van der Waals surface area contributed by atoms with E-state index >= 15 is 0 Å². The third kappa shape index (κ3) is 4.69. The summed E-state index contributed by atoms with van der Waals surface area (Å²) in [4.78, 5) is 2.57. The summed E-state index contributed by atoms with van der Waals surface area (Å²) in [5.41, 5.74) is 0.297. The number of nitrogens with one attached hydrogen (secondary N) is 1. The number of ether oxygens (including phenoxy) is 2. The Bertz CT molecular complexity index is 280. The second kappa shape index (κ2) is 7.21. The summed E-state index contributed by atoms with van der Waals surface area (Å²) in [6.45, 7) is 16.1. The van der Waals surface area contributed by atoms with Gasteiger partial charge in [0.25, 0.3) is 0 Å². The van der Waals surface area contributed by atoms with Gasteiger partial charge in [-0.3, -0.25) is 4.90 Å². The van der Waals surface area contributed by atoms with E-state index in [2.05, 4.69) is 37.9 Å². The molecule has 0 bridgehead atoms. The molecule has 2 rings (SSSR count). The van der Waals surface area contributed by atoms with Crippen LogP contribution in [-0.4, -0.2) is 63.0 Å². The van der Waals surface area contributed by atoms with Gasteiger partial charge in [0.1, 0.15) is 0 Å². The first-order valence-electron chi connectivity index (χ1n) is 8.15. The van der Waals surface area contributed by atoms with Crippen molar-refractivity contribution in [1.29, 1.82) is 0 Å². The highest BCUT2D eigenvalue weighted by molar-refractivity contribution is 4.90. The first-order valence-corrected chi connectivity index (χ1v) is 8.15. The lowest BCUT2D eigenvalue weighted by atomic mass is 9.86. The normalized spacial score (nSPS) is 35.9. The van der Waals surface area contributed by atoms with Crippen LogP contribution in [-0.2, 0) is 9.47 Å². The summed E-state index contributed by atoms with van der Waals surface area (Å²) >= 11 is 0. The molecule has 2 aliphatic heterocycles. The molecular weight excluding hydrogens is 252 g/mol. The molecule has 0 spiro atoms. The Kier molecular flexibility index (Phi) is 5.84. The van der Waals surface area contributed by atoms with Crippen molar-refractivity contribution in [3.8, 4) is 0 Å². The van der Waals surface area contributed by atoms with Crippen LogP contribution in [0.15, 0.2) is 0 Å². The quantitative estimate of drug-likeness (QED) is 0.806. The van der Waals surface area contributed by atoms with Crippen molar-refractivity contribution in [2.75, 3.05) is 45.9 Å². The molecule has 2 fully saturated rings. The molecule has 3 unspecified atom stereocenters. The van der Waals surface area contributed by atoms with Crippen LogP contribution >= 0.6 is 0 Å². The highest BCUT2D eigenvalue weighted by atomic mass is 16.5. The van der Waals surface area contributed by atoms with Gasteiger partial charge in [0.15, 0.2) is 0 Å². The minimum absolute atomic E-state index is 0.297. The third-order valence-corrected chi connectivity index (χ3v) is 4.29. The number of rotatable bonds is 6. The van der Waals surface area contributed by atoms with E-state index < -0.39 is 0 Å². The topological polar surface area (TPSA) is 33.7 Å². The second-order valence-corrected chi connectivity index (χ2v) is 7.28. The maximum absolute atomic E-state index is 5.84. The fourth-order valence-electron chi connectivity index (χ4n) is 3.48. The average molecular weight is 284 g/mol. The van der Waals surface area contributed by atoms with E-state index in [1.807, 2.05) is 0 Å². The number of hydrogen-bond donors (Lipinski definition) is 1. The molecule has 4 heteroatoms. The van der Waals surface area contributed by atoms with E-state index in [4.69, 9.17) is 9.47 Å². The SMILES string of the molecule is CC(C)CNCC1(CN2CC(C)OC(C)C2)CCOC1. The Morgan fingerprint density at radius 1 is 1.25 bits per heavy atom. The molecule has 0 aliphatic carbocycles. The van der Waals surface area contributed by atoms with Crippen molar-refractivity contribution < 1.29 is 9.47 Å². The Labute approximate surface area is 124 Å². The third-order valence-electron chi connectivity index (χ3n) is 4.29. The van der Waals surface area contributed by atoms with Crippen LogP contribution in [0.3, 0.4) is 0 Å². The predicted molar refractivity (Wildman–Crippen MR) is 82.0 cm³/mol. The van der Waals surface area contributed by atoms with Crippen LogP contribution in [0.4, 0.5) is 0 Å².